The molecule has 0 aliphatic heterocycles. The van der Waals surface area contributed by atoms with Crippen LogP contribution in [0, 0.1) is 5.82 Å². The zero-order valence-corrected chi connectivity index (χ0v) is 11.4. The number of H-pyrrole nitrogens is 1. The normalized spacial score (nSPS) is 11.7. The van der Waals surface area contributed by atoms with Crippen molar-refractivity contribution in [2.24, 2.45) is 0 Å². The average Bonchev–Trinajstić information content (AvgIpc) is 2.90. The highest BCUT2D eigenvalue weighted by Gasteiger charge is 2.31. The molecule has 1 N–H and O–H groups in total. The topological polar surface area (TPSA) is 42.1 Å². The first-order valence-electron chi connectivity index (χ1n) is 6.50. The lowest BCUT2D eigenvalue weighted by Gasteiger charge is -2.11. The van der Waals surface area contributed by atoms with Gasteiger partial charge in [-0.05, 0) is 17.7 Å². The lowest BCUT2D eigenvalue weighted by molar-refractivity contribution is -0.274. The van der Waals surface area contributed by atoms with Crippen LogP contribution < -0.4 is 4.74 Å². The molecule has 0 atom stereocenters. The highest BCUT2D eigenvalue weighted by atomic mass is 19.4. The Bertz CT molecular complexity index is 883. The monoisotopic (exact) mass is 323 g/mol. The first-order valence-corrected chi connectivity index (χ1v) is 6.50. The van der Waals surface area contributed by atoms with Crippen LogP contribution in [-0.2, 0) is 0 Å². The van der Waals surface area contributed by atoms with E-state index in [0.29, 0.717) is 17.2 Å². The number of benzene rings is 2. The number of hydrogen-bond acceptors (Lipinski definition) is 2. The predicted octanol–water partition coefficient (Wildman–Crippen LogP) is 4.69. The molecule has 0 aliphatic rings. The van der Waals surface area contributed by atoms with Gasteiger partial charge in [-0.25, -0.2) is 4.39 Å². The van der Waals surface area contributed by atoms with Crippen molar-refractivity contribution in [3.63, 3.8) is 0 Å². The fourth-order valence-electron chi connectivity index (χ4n) is 2.37. The molecule has 0 fully saturated rings. The van der Waals surface area contributed by atoms with Crippen LogP contribution in [0.25, 0.3) is 22.0 Å². The number of carbonyl (C=O) groups excluding carboxylic acids is 1. The molecule has 3 rings (SSSR count). The first kappa shape index (κ1) is 15.1. The second kappa shape index (κ2) is 5.42. The summed E-state index contributed by atoms with van der Waals surface area (Å²) >= 11 is 0. The Balaban J connectivity index is 2.08. The van der Waals surface area contributed by atoms with Gasteiger partial charge in [0.25, 0.3) is 0 Å². The molecule has 7 heteroatoms. The predicted molar refractivity (Wildman–Crippen MR) is 75.8 cm³/mol. The van der Waals surface area contributed by atoms with Gasteiger partial charge in [-0.15, -0.1) is 13.2 Å². The number of halogens is 4. The Kier molecular flexibility index (Phi) is 3.55. The Morgan fingerprint density at radius 1 is 1.13 bits per heavy atom. The first-order chi connectivity index (χ1) is 10.9. The minimum Gasteiger partial charge on any atom is -0.406 e. The molecule has 1 heterocycles. The van der Waals surface area contributed by atoms with Crippen molar-refractivity contribution in [2.45, 2.75) is 6.36 Å². The molecule has 0 saturated heterocycles. The van der Waals surface area contributed by atoms with Gasteiger partial charge in [-0.1, -0.05) is 24.3 Å². The highest BCUT2D eigenvalue weighted by molar-refractivity contribution is 5.99. The quantitative estimate of drug-likeness (QED) is 0.561. The largest absolute Gasteiger partial charge is 0.573 e. The molecule has 1 aromatic heterocycles. The van der Waals surface area contributed by atoms with Crippen LogP contribution in [-0.4, -0.2) is 17.6 Å². The van der Waals surface area contributed by atoms with Crippen LogP contribution in [0.2, 0.25) is 0 Å². The summed E-state index contributed by atoms with van der Waals surface area (Å²) in [6.45, 7) is 0. The van der Waals surface area contributed by atoms with Gasteiger partial charge in [-0.2, -0.15) is 0 Å². The second-order valence-corrected chi connectivity index (χ2v) is 4.79. The van der Waals surface area contributed by atoms with Gasteiger partial charge < -0.3 is 9.72 Å². The molecular weight excluding hydrogens is 314 g/mol. The lowest BCUT2D eigenvalue weighted by Crippen LogP contribution is -2.17. The molecule has 23 heavy (non-hydrogen) atoms. The van der Waals surface area contributed by atoms with E-state index in [1.165, 1.54) is 30.5 Å². The maximum absolute atomic E-state index is 14.6. The Labute approximate surface area is 127 Å². The van der Waals surface area contributed by atoms with E-state index in [4.69, 9.17) is 0 Å². The number of aldehydes is 1. The van der Waals surface area contributed by atoms with E-state index >= 15 is 0 Å². The van der Waals surface area contributed by atoms with Gasteiger partial charge in [0.05, 0.1) is 5.52 Å². The molecule has 0 bridgehead atoms. The maximum atomic E-state index is 14.6. The van der Waals surface area contributed by atoms with Gasteiger partial charge >= 0.3 is 6.36 Å². The van der Waals surface area contributed by atoms with Crippen molar-refractivity contribution in [1.82, 2.24) is 4.98 Å². The summed E-state index contributed by atoms with van der Waals surface area (Å²) in [6, 6.07) is 7.98. The number of rotatable bonds is 3. The second-order valence-electron chi connectivity index (χ2n) is 4.79. The van der Waals surface area contributed by atoms with Crippen molar-refractivity contribution >= 4 is 17.2 Å². The number of hydrogen-bond donors (Lipinski definition) is 1. The number of nitrogens with one attached hydrogen (secondary N) is 1. The van der Waals surface area contributed by atoms with E-state index in [-0.39, 0.29) is 16.6 Å². The lowest BCUT2D eigenvalue weighted by atomic mass is 10.0. The van der Waals surface area contributed by atoms with E-state index in [1.807, 2.05) is 0 Å². The molecule has 0 spiro atoms. The molecule has 0 amide bonds. The van der Waals surface area contributed by atoms with Crippen molar-refractivity contribution < 1.29 is 27.1 Å². The summed E-state index contributed by atoms with van der Waals surface area (Å²) in [6.07, 6.45) is -2.86. The Hall–Kier alpha value is -2.83. The van der Waals surface area contributed by atoms with Crippen molar-refractivity contribution in [3.05, 3.63) is 54.0 Å². The summed E-state index contributed by atoms with van der Waals surface area (Å²) in [4.78, 5) is 13.5. The molecule has 118 valence electrons. The molecule has 0 aliphatic carbocycles. The number of fused-ring (bicyclic) bond motifs is 1. The standard InChI is InChI=1S/C16H9F4NO2/c17-14-12(4-5-13-10(8-22)7-21-15(13)14)9-2-1-3-11(6-9)23-16(18,19)20/h1-8,21H. The maximum Gasteiger partial charge on any atom is 0.573 e. The Morgan fingerprint density at radius 3 is 2.61 bits per heavy atom. The number of carbonyl (C=O) groups is 1. The van der Waals surface area contributed by atoms with Crippen LogP contribution in [0.15, 0.2) is 42.6 Å². The number of aromatic amines is 1. The van der Waals surface area contributed by atoms with Gasteiger partial charge in [0, 0.05) is 22.7 Å². The smallest absolute Gasteiger partial charge is 0.406 e. The minimum absolute atomic E-state index is 0.101. The van der Waals surface area contributed by atoms with E-state index < -0.39 is 17.9 Å². The third-order valence-electron chi connectivity index (χ3n) is 3.33. The third-order valence-corrected chi connectivity index (χ3v) is 3.33. The summed E-state index contributed by atoms with van der Waals surface area (Å²) in [5.41, 5.74) is 0.754. The van der Waals surface area contributed by atoms with Crippen LogP contribution in [0.1, 0.15) is 10.4 Å². The molecule has 0 radical (unpaired) electrons. The van der Waals surface area contributed by atoms with Crippen LogP contribution in [0.4, 0.5) is 17.6 Å². The summed E-state index contributed by atoms with van der Waals surface area (Å²) in [5, 5.41) is 0.406. The molecule has 0 saturated carbocycles. The van der Waals surface area contributed by atoms with Gasteiger partial charge in [-0.3, -0.25) is 4.79 Å². The Morgan fingerprint density at radius 2 is 1.91 bits per heavy atom. The third kappa shape index (κ3) is 2.90. The fourth-order valence-corrected chi connectivity index (χ4v) is 2.37. The van der Waals surface area contributed by atoms with Gasteiger partial charge in [0.1, 0.15) is 5.75 Å². The van der Waals surface area contributed by atoms with E-state index in [0.717, 1.165) is 12.1 Å². The average molecular weight is 323 g/mol. The zero-order valence-electron chi connectivity index (χ0n) is 11.4. The van der Waals surface area contributed by atoms with Crippen molar-refractivity contribution in [2.75, 3.05) is 0 Å². The number of alkyl halides is 3. The van der Waals surface area contributed by atoms with Crippen molar-refractivity contribution in [1.29, 1.82) is 0 Å². The minimum atomic E-state index is -4.82. The summed E-state index contributed by atoms with van der Waals surface area (Å²) < 4.78 is 55.2. The summed E-state index contributed by atoms with van der Waals surface area (Å²) in [7, 11) is 0. The van der Waals surface area contributed by atoms with Crippen molar-refractivity contribution in [3.8, 4) is 16.9 Å². The summed E-state index contributed by atoms with van der Waals surface area (Å²) in [5.74, 6) is -1.09. The van der Waals surface area contributed by atoms with E-state index in [9.17, 15) is 22.4 Å². The molecule has 0 unspecified atom stereocenters. The highest BCUT2D eigenvalue weighted by Crippen LogP contribution is 2.32. The van der Waals surface area contributed by atoms with Gasteiger partial charge in [0.2, 0.25) is 0 Å². The van der Waals surface area contributed by atoms with E-state index in [1.54, 1.807) is 0 Å². The number of ether oxygens (including phenoxy) is 1. The molecular formula is C16H9F4NO2. The van der Waals surface area contributed by atoms with E-state index in [2.05, 4.69) is 9.72 Å². The van der Waals surface area contributed by atoms with Crippen LogP contribution in [0.3, 0.4) is 0 Å². The molecule has 3 aromatic rings. The fraction of sp³-hybridized carbons (Fsp3) is 0.0625. The zero-order chi connectivity index (χ0) is 16.6. The SMILES string of the molecule is O=Cc1c[nH]c2c(F)c(-c3cccc(OC(F)(F)F)c3)ccc12. The van der Waals surface area contributed by atoms with Crippen LogP contribution in [0.5, 0.6) is 5.75 Å². The van der Waals surface area contributed by atoms with Crippen LogP contribution >= 0.6 is 0 Å². The number of aromatic nitrogens is 1. The molecule has 2 aromatic carbocycles. The molecule has 3 nitrogen and oxygen atoms in total. The van der Waals surface area contributed by atoms with Gasteiger partial charge in [0.15, 0.2) is 12.1 Å².